The summed E-state index contributed by atoms with van der Waals surface area (Å²) in [5.74, 6) is 0.00488. The molecular weight excluding hydrogens is 364 g/mol. The van der Waals surface area contributed by atoms with Gasteiger partial charge < -0.3 is 10.1 Å². The summed E-state index contributed by atoms with van der Waals surface area (Å²) in [5.41, 5.74) is 0.865. The van der Waals surface area contributed by atoms with Crippen molar-refractivity contribution in [2.45, 2.75) is 13.0 Å². The number of rotatable bonds is 6. The van der Waals surface area contributed by atoms with Crippen LogP contribution in [0.4, 0.5) is 11.4 Å². The number of carbonyl (C=O) groups excluding carboxylic acids is 1. The molecule has 0 aliphatic heterocycles. The van der Waals surface area contributed by atoms with E-state index in [2.05, 4.69) is 5.32 Å². The Hall–Kier alpha value is -2.25. The van der Waals surface area contributed by atoms with Gasteiger partial charge >= 0.3 is 0 Å². The van der Waals surface area contributed by atoms with E-state index in [1.165, 1.54) is 20.1 Å². The number of para-hydroxylation sites is 1. The molecule has 0 saturated heterocycles. The van der Waals surface area contributed by atoms with Crippen molar-refractivity contribution in [3.05, 3.63) is 53.6 Å². The average Bonchev–Trinajstić information content (AvgIpc) is 2.54. The van der Waals surface area contributed by atoms with Gasteiger partial charge in [-0.25, -0.2) is 8.42 Å². The van der Waals surface area contributed by atoms with Crippen LogP contribution in [0.3, 0.4) is 0 Å². The van der Waals surface area contributed by atoms with Gasteiger partial charge in [-0.15, -0.1) is 0 Å². The van der Waals surface area contributed by atoms with Crippen LogP contribution < -0.4 is 14.4 Å². The number of nitrogens with zero attached hydrogens (tertiary/aromatic N) is 1. The van der Waals surface area contributed by atoms with E-state index in [1.807, 2.05) is 0 Å². The Kier molecular flexibility index (Phi) is 5.92. The van der Waals surface area contributed by atoms with Crippen LogP contribution >= 0.6 is 11.6 Å². The van der Waals surface area contributed by atoms with Gasteiger partial charge in [0.1, 0.15) is 11.8 Å². The fourth-order valence-corrected chi connectivity index (χ4v) is 3.81. The van der Waals surface area contributed by atoms with Gasteiger partial charge in [0, 0.05) is 5.69 Å². The fraction of sp³-hybridized carbons (Fsp3) is 0.235. The normalized spacial score (nSPS) is 12.3. The molecule has 25 heavy (non-hydrogen) atoms. The van der Waals surface area contributed by atoms with E-state index in [1.54, 1.807) is 42.5 Å². The third-order valence-electron chi connectivity index (χ3n) is 3.52. The molecule has 2 aromatic carbocycles. The lowest BCUT2D eigenvalue weighted by atomic mass is 10.2. The molecule has 0 saturated carbocycles. The van der Waals surface area contributed by atoms with Crippen molar-refractivity contribution in [3.63, 3.8) is 0 Å². The number of carbonyl (C=O) groups is 1. The molecule has 6 nitrogen and oxygen atoms in total. The van der Waals surface area contributed by atoms with E-state index in [-0.39, 0.29) is 0 Å². The Morgan fingerprint density at radius 3 is 2.36 bits per heavy atom. The van der Waals surface area contributed by atoms with Crippen LogP contribution in [-0.4, -0.2) is 33.7 Å². The molecule has 134 valence electrons. The Bertz CT molecular complexity index is 856. The van der Waals surface area contributed by atoms with Crippen LogP contribution in [0.25, 0.3) is 0 Å². The Morgan fingerprint density at radius 2 is 1.84 bits per heavy atom. The Labute approximate surface area is 152 Å². The number of benzene rings is 2. The van der Waals surface area contributed by atoms with E-state index in [4.69, 9.17) is 16.3 Å². The summed E-state index contributed by atoms with van der Waals surface area (Å²) >= 11 is 6.04. The van der Waals surface area contributed by atoms with Gasteiger partial charge in [0.25, 0.3) is 0 Å². The van der Waals surface area contributed by atoms with E-state index in [0.717, 1.165) is 10.6 Å². The first-order valence-electron chi connectivity index (χ1n) is 7.43. The molecule has 0 bridgehead atoms. The average molecular weight is 383 g/mol. The van der Waals surface area contributed by atoms with Crippen LogP contribution in [0.2, 0.25) is 5.02 Å². The number of halogens is 1. The SMILES string of the molecule is COc1ccc(NC(=O)[C@@H](C)N(c2ccccc2)S(C)(=O)=O)cc1Cl. The molecule has 0 aliphatic rings. The number of sulfonamides is 1. The van der Waals surface area contributed by atoms with Gasteiger partial charge in [-0.3, -0.25) is 9.10 Å². The molecular formula is C17H19ClN2O4S. The second kappa shape index (κ2) is 7.76. The quantitative estimate of drug-likeness (QED) is 0.832. The number of hydrogen-bond acceptors (Lipinski definition) is 4. The molecule has 1 atom stereocenters. The van der Waals surface area contributed by atoms with Crippen molar-refractivity contribution in [1.29, 1.82) is 0 Å². The van der Waals surface area contributed by atoms with Crippen LogP contribution in [0.15, 0.2) is 48.5 Å². The zero-order valence-electron chi connectivity index (χ0n) is 14.1. The van der Waals surface area contributed by atoms with Gasteiger partial charge in [0.15, 0.2) is 0 Å². The van der Waals surface area contributed by atoms with Crippen molar-refractivity contribution in [2.75, 3.05) is 23.0 Å². The van der Waals surface area contributed by atoms with Crippen molar-refractivity contribution >= 4 is 38.9 Å². The van der Waals surface area contributed by atoms with E-state index >= 15 is 0 Å². The largest absolute Gasteiger partial charge is 0.495 e. The summed E-state index contributed by atoms with van der Waals surface area (Å²) in [6.45, 7) is 1.52. The van der Waals surface area contributed by atoms with Gasteiger partial charge in [-0.1, -0.05) is 29.8 Å². The molecule has 8 heteroatoms. The smallest absolute Gasteiger partial charge is 0.247 e. The number of anilines is 2. The lowest BCUT2D eigenvalue weighted by Gasteiger charge is -2.28. The standard InChI is InChI=1S/C17H19ClN2O4S/c1-12(20(25(3,22)23)14-7-5-4-6-8-14)17(21)19-13-9-10-16(24-2)15(18)11-13/h4-12H,1-3H3,(H,19,21)/t12-/m1/s1. The first kappa shape index (κ1) is 19.1. The maximum absolute atomic E-state index is 12.5. The summed E-state index contributed by atoms with van der Waals surface area (Å²) in [4.78, 5) is 12.5. The molecule has 1 N–H and O–H groups in total. The third kappa shape index (κ3) is 4.64. The topological polar surface area (TPSA) is 75.7 Å². The molecule has 0 fully saturated rings. The minimum absolute atomic E-state index is 0.344. The number of nitrogens with one attached hydrogen (secondary N) is 1. The first-order chi connectivity index (χ1) is 11.7. The summed E-state index contributed by atoms with van der Waals surface area (Å²) in [6.07, 6.45) is 1.06. The molecule has 0 aromatic heterocycles. The summed E-state index contributed by atoms with van der Waals surface area (Å²) in [6, 6.07) is 12.3. The highest BCUT2D eigenvalue weighted by Crippen LogP contribution is 2.28. The van der Waals surface area contributed by atoms with Crippen molar-refractivity contribution < 1.29 is 17.9 Å². The maximum Gasteiger partial charge on any atom is 0.247 e. The molecule has 0 heterocycles. The predicted molar refractivity (Wildman–Crippen MR) is 99.9 cm³/mol. The molecule has 0 unspecified atom stereocenters. The first-order valence-corrected chi connectivity index (χ1v) is 9.65. The second-order valence-electron chi connectivity index (χ2n) is 5.41. The zero-order valence-corrected chi connectivity index (χ0v) is 15.6. The van der Waals surface area contributed by atoms with Crippen LogP contribution in [-0.2, 0) is 14.8 Å². The number of hydrogen-bond donors (Lipinski definition) is 1. The Balaban J connectivity index is 2.26. The lowest BCUT2D eigenvalue weighted by molar-refractivity contribution is -0.116. The monoisotopic (exact) mass is 382 g/mol. The van der Waals surface area contributed by atoms with Crippen molar-refractivity contribution in [3.8, 4) is 5.75 Å². The van der Waals surface area contributed by atoms with Crippen molar-refractivity contribution in [1.82, 2.24) is 0 Å². The summed E-state index contributed by atoms with van der Waals surface area (Å²) in [7, 11) is -2.16. The maximum atomic E-state index is 12.5. The highest BCUT2D eigenvalue weighted by molar-refractivity contribution is 7.92. The lowest BCUT2D eigenvalue weighted by Crippen LogP contribution is -2.45. The molecule has 1 amide bonds. The van der Waals surface area contributed by atoms with Gasteiger partial charge in [-0.05, 0) is 37.3 Å². The molecule has 0 spiro atoms. The van der Waals surface area contributed by atoms with Crippen LogP contribution in [0.5, 0.6) is 5.75 Å². The van der Waals surface area contributed by atoms with Crippen LogP contribution in [0.1, 0.15) is 6.92 Å². The molecule has 0 radical (unpaired) electrons. The number of ether oxygens (including phenoxy) is 1. The van der Waals surface area contributed by atoms with E-state index < -0.39 is 22.0 Å². The zero-order chi connectivity index (χ0) is 18.6. The van der Waals surface area contributed by atoms with Gasteiger partial charge in [0.2, 0.25) is 15.9 Å². The summed E-state index contributed by atoms with van der Waals surface area (Å²) < 4.78 is 30.5. The minimum atomic E-state index is -3.65. The Morgan fingerprint density at radius 1 is 1.20 bits per heavy atom. The molecule has 0 aliphatic carbocycles. The van der Waals surface area contributed by atoms with Gasteiger partial charge in [-0.2, -0.15) is 0 Å². The highest BCUT2D eigenvalue weighted by atomic mass is 35.5. The second-order valence-corrected chi connectivity index (χ2v) is 7.68. The summed E-state index contributed by atoms with van der Waals surface area (Å²) in [5, 5.41) is 3.01. The minimum Gasteiger partial charge on any atom is -0.495 e. The number of methoxy groups -OCH3 is 1. The highest BCUT2D eigenvalue weighted by Gasteiger charge is 2.29. The van der Waals surface area contributed by atoms with Crippen LogP contribution in [0, 0.1) is 0 Å². The van der Waals surface area contributed by atoms with Crippen molar-refractivity contribution in [2.24, 2.45) is 0 Å². The molecule has 2 aromatic rings. The van der Waals surface area contributed by atoms with Gasteiger partial charge in [0.05, 0.1) is 24.1 Å². The molecule has 2 rings (SSSR count). The fourth-order valence-electron chi connectivity index (χ4n) is 2.37. The van der Waals surface area contributed by atoms with E-state index in [9.17, 15) is 13.2 Å². The third-order valence-corrected chi connectivity index (χ3v) is 5.06. The predicted octanol–water partition coefficient (Wildman–Crippen LogP) is 3.14. The van der Waals surface area contributed by atoms with E-state index in [0.29, 0.717) is 22.1 Å². The number of amides is 1.